The minimum atomic E-state index is -0.926. The number of aryl methyl sites for hydroxylation is 1. The van der Waals surface area contributed by atoms with E-state index in [1.165, 1.54) is 6.07 Å². The summed E-state index contributed by atoms with van der Waals surface area (Å²) in [6.45, 7) is 2.73. The number of benzene rings is 1. The molecule has 1 aromatic carbocycles. The largest absolute Gasteiger partial charge is 0.455 e. The molecule has 0 spiro atoms. The Hall–Kier alpha value is -2.71. The lowest BCUT2D eigenvalue weighted by Gasteiger charge is -2.24. The molecule has 1 aliphatic heterocycles. The van der Waals surface area contributed by atoms with Crippen molar-refractivity contribution >= 4 is 11.6 Å². The zero-order valence-corrected chi connectivity index (χ0v) is 16.1. The second-order valence-corrected chi connectivity index (χ2v) is 6.89. The lowest BCUT2D eigenvalue weighted by Crippen LogP contribution is -2.41. The van der Waals surface area contributed by atoms with Crippen LogP contribution in [0, 0.1) is 18.6 Å². The van der Waals surface area contributed by atoms with E-state index < -0.39 is 23.6 Å². The standard InChI is InChI=1S/C20H24F2N4O2/c1-12-15(18-6-7-25(2)26(18)3)10-19(28-12)20(27)24-14(11-23)8-13-4-5-16(21)17(22)9-13/h4-6,9-10,14H,7-8,11,23H2,1-3H3,(H,24,27)/t14-/m0/s1. The molecule has 0 saturated heterocycles. The third kappa shape index (κ3) is 4.07. The number of carbonyl (C=O) groups excluding carboxylic acids is 1. The average Bonchev–Trinajstić information content (AvgIpc) is 3.20. The number of likely N-dealkylation sites (N-methyl/N-ethyl adjacent to an activating group) is 1. The Bertz CT molecular complexity index is 910. The van der Waals surface area contributed by atoms with E-state index in [-0.39, 0.29) is 18.7 Å². The molecule has 1 atom stereocenters. The summed E-state index contributed by atoms with van der Waals surface area (Å²) >= 11 is 0. The predicted octanol–water partition coefficient (Wildman–Crippen LogP) is 2.30. The molecule has 1 aliphatic rings. The molecule has 8 heteroatoms. The van der Waals surface area contributed by atoms with Crippen molar-refractivity contribution in [1.29, 1.82) is 0 Å². The molecule has 0 unspecified atom stereocenters. The number of nitrogens with one attached hydrogen (secondary N) is 1. The van der Waals surface area contributed by atoms with Gasteiger partial charge in [0.2, 0.25) is 0 Å². The zero-order chi connectivity index (χ0) is 20.4. The first-order valence-corrected chi connectivity index (χ1v) is 9.00. The summed E-state index contributed by atoms with van der Waals surface area (Å²) in [5.74, 6) is -1.41. The SMILES string of the molecule is Cc1oc(C(=O)N[C@H](CN)Cc2ccc(F)c(F)c2)cc1C1=CCN(C)N1C. The van der Waals surface area contributed by atoms with Crippen molar-refractivity contribution in [3.05, 3.63) is 64.6 Å². The monoisotopic (exact) mass is 390 g/mol. The van der Waals surface area contributed by atoms with Crippen LogP contribution in [0.1, 0.15) is 27.4 Å². The van der Waals surface area contributed by atoms with E-state index in [1.54, 1.807) is 13.0 Å². The van der Waals surface area contributed by atoms with E-state index in [4.69, 9.17) is 10.2 Å². The number of hydrogen-bond acceptors (Lipinski definition) is 5. The Morgan fingerprint density at radius 1 is 1.29 bits per heavy atom. The zero-order valence-electron chi connectivity index (χ0n) is 16.1. The van der Waals surface area contributed by atoms with Crippen molar-refractivity contribution in [2.75, 3.05) is 27.2 Å². The van der Waals surface area contributed by atoms with Gasteiger partial charge in [-0.1, -0.05) is 6.07 Å². The number of carbonyl (C=O) groups is 1. The maximum absolute atomic E-state index is 13.4. The van der Waals surface area contributed by atoms with Gasteiger partial charge >= 0.3 is 0 Å². The van der Waals surface area contributed by atoms with Gasteiger partial charge in [-0.25, -0.2) is 13.8 Å². The van der Waals surface area contributed by atoms with Crippen molar-refractivity contribution in [3.63, 3.8) is 0 Å². The highest BCUT2D eigenvalue weighted by Gasteiger charge is 2.24. The van der Waals surface area contributed by atoms with Crippen LogP contribution in [0.5, 0.6) is 0 Å². The summed E-state index contributed by atoms with van der Waals surface area (Å²) in [5.41, 5.74) is 8.12. The molecule has 1 amide bonds. The molecule has 0 bridgehead atoms. The highest BCUT2D eigenvalue weighted by molar-refractivity contribution is 5.93. The number of halogens is 2. The van der Waals surface area contributed by atoms with E-state index >= 15 is 0 Å². The highest BCUT2D eigenvalue weighted by Crippen LogP contribution is 2.29. The van der Waals surface area contributed by atoms with Crippen LogP contribution in [-0.2, 0) is 6.42 Å². The van der Waals surface area contributed by atoms with E-state index in [9.17, 15) is 13.6 Å². The predicted molar refractivity (Wildman–Crippen MR) is 102 cm³/mol. The van der Waals surface area contributed by atoms with Crippen LogP contribution in [-0.4, -0.2) is 49.2 Å². The molecule has 0 saturated carbocycles. The van der Waals surface area contributed by atoms with Crippen LogP contribution in [0.4, 0.5) is 8.78 Å². The van der Waals surface area contributed by atoms with Crippen molar-refractivity contribution in [2.24, 2.45) is 5.73 Å². The maximum Gasteiger partial charge on any atom is 0.287 e. The molecule has 3 N–H and O–H groups in total. The van der Waals surface area contributed by atoms with Gasteiger partial charge in [0, 0.05) is 38.8 Å². The quantitative estimate of drug-likeness (QED) is 0.792. The first-order chi connectivity index (χ1) is 13.3. The normalized spacial score (nSPS) is 15.6. The number of hydrazine groups is 1. The minimum Gasteiger partial charge on any atom is -0.455 e. The third-order valence-corrected chi connectivity index (χ3v) is 4.91. The van der Waals surface area contributed by atoms with Gasteiger partial charge in [-0.05, 0) is 43.2 Å². The summed E-state index contributed by atoms with van der Waals surface area (Å²) in [6, 6.07) is 4.91. The first-order valence-electron chi connectivity index (χ1n) is 9.00. The van der Waals surface area contributed by atoms with Gasteiger partial charge in [0.25, 0.3) is 5.91 Å². The maximum atomic E-state index is 13.4. The van der Waals surface area contributed by atoms with E-state index in [1.807, 2.05) is 24.1 Å². The van der Waals surface area contributed by atoms with Crippen molar-refractivity contribution in [2.45, 2.75) is 19.4 Å². The summed E-state index contributed by atoms with van der Waals surface area (Å²) in [5, 5.41) is 6.83. The van der Waals surface area contributed by atoms with Gasteiger partial charge in [0.1, 0.15) is 5.76 Å². The number of hydrogen-bond donors (Lipinski definition) is 2. The highest BCUT2D eigenvalue weighted by atomic mass is 19.2. The Morgan fingerprint density at radius 2 is 2.04 bits per heavy atom. The van der Waals surface area contributed by atoms with Gasteiger partial charge < -0.3 is 20.5 Å². The van der Waals surface area contributed by atoms with Crippen LogP contribution in [0.3, 0.4) is 0 Å². The van der Waals surface area contributed by atoms with Crippen LogP contribution < -0.4 is 11.1 Å². The molecule has 0 radical (unpaired) electrons. The minimum absolute atomic E-state index is 0.149. The first kappa shape index (κ1) is 20.0. The number of nitrogens with two attached hydrogens (primary N) is 1. The van der Waals surface area contributed by atoms with E-state index in [2.05, 4.69) is 11.4 Å². The van der Waals surface area contributed by atoms with Gasteiger partial charge in [-0.15, -0.1) is 0 Å². The van der Waals surface area contributed by atoms with Crippen molar-refractivity contribution in [1.82, 2.24) is 15.3 Å². The lowest BCUT2D eigenvalue weighted by atomic mass is 10.1. The number of amides is 1. The fraction of sp³-hybridized carbons (Fsp3) is 0.350. The molecule has 2 heterocycles. The van der Waals surface area contributed by atoms with Crippen molar-refractivity contribution in [3.8, 4) is 0 Å². The summed E-state index contributed by atoms with van der Waals surface area (Å²) in [7, 11) is 3.91. The van der Waals surface area contributed by atoms with Gasteiger partial charge in [0.15, 0.2) is 17.4 Å². The summed E-state index contributed by atoms with van der Waals surface area (Å²) in [4.78, 5) is 12.6. The number of rotatable bonds is 6. The molecule has 0 aliphatic carbocycles. The Kier molecular flexibility index (Phi) is 5.81. The number of nitrogens with zero attached hydrogens (tertiary/aromatic N) is 2. The fourth-order valence-electron chi connectivity index (χ4n) is 3.19. The Labute approximate surface area is 162 Å². The second kappa shape index (κ2) is 8.12. The molecule has 150 valence electrons. The summed E-state index contributed by atoms with van der Waals surface area (Å²) < 4.78 is 32.1. The fourth-order valence-corrected chi connectivity index (χ4v) is 3.19. The van der Waals surface area contributed by atoms with E-state index in [0.717, 1.165) is 29.9 Å². The van der Waals surface area contributed by atoms with Gasteiger partial charge in [0.05, 0.1) is 5.70 Å². The number of furan rings is 1. The molecule has 2 aromatic rings. The van der Waals surface area contributed by atoms with E-state index in [0.29, 0.717) is 11.3 Å². The lowest BCUT2D eigenvalue weighted by molar-refractivity contribution is 0.0908. The van der Waals surface area contributed by atoms with Crippen LogP contribution >= 0.6 is 0 Å². The smallest absolute Gasteiger partial charge is 0.287 e. The van der Waals surface area contributed by atoms with Gasteiger partial charge in [-0.3, -0.25) is 4.79 Å². The average molecular weight is 390 g/mol. The van der Waals surface area contributed by atoms with Crippen LogP contribution in [0.25, 0.3) is 5.70 Å². The third-order valence-electron chi connectivity index (χ3n) is 4.91. The molecule has 1 aromatic heterocycles. The molecular formula is C20H24F2N4O2. The Morgan fingerprint density at radius 3 is 2.64 bits per heavy atom. The molecule has 0 fully saturated rings. The second-order valence-electron chi connectivity index (χ2n) is 6.89. The molecular weight excluding hydrogens is 366 g/mol. The van der Waals surface area contributed by atoms with Gasteiger partial charge in [-0.2, -0.15) is 0 Å². The molecule has 6 nitrogen and oxygen atoms in total. The molecule has 3 rings (SSSR count). The van der Waals surface area contributed by atoms with Crippen molar-refractivity contribution < 1.29 is 18.0 Å². The molecule has 28 heavy (non-hydrogen) atoms. The summed E-state index contributed by atoms with van der Waals surface area (Å²) in [6.07, 6.45) is 2.34. The van der Waals surface area contributed by atoms with Crippen LogP contribution in [0.2, 0.25) is 0 Å². The topological polar surface area (TPSA) is 74.7 Å². The van der Waals surface area contributed by atoms with Crippen LogP contribution in [0.15, 0.2) is 34.8 Å². The Balaban J connectivity index is 1.71.